The fourth-order valence-corrected chi connectivity index (χ4v) is 1.21. The first kappa shape index (κ1) is 11.3. The molecule has 0 aromatic heterocycles. The lowest BCUT2D eigenvalue weighted by atomic mass is 10.1. The molecule has 15 heavy (non-hydrogen) atoms. The molecule has 1 N–H and O–H groups in total. The molecule has 82 valence electrons. The van der Waals surface area contributed by atoms with Crippen LogP contribution in [0.3, 0.4) is 0 Å². The molecule has 0 aliphatic rings. The van der Waals surface area contributed by atoms with Gasteiger partial charge in [0.05, 0.1) is 37.4 Å². The van der Waals surface area contributed by atoms with Crippen molar-refractivity contribution in [3.8, 4) is 11.5 Å². The van der Waals surface area contributed by atoms with E-state index in [9.17, 15) is 10.1 Å². The summed E-state index contributed by atoms with van der Waals surface area (Å²) in [5.41, 5.74) is 0.00722. The second kappa shape index (κ2) is 4.61. The summed E-state index contributed by atoms with van der Waals surface area (Å²) in [4.78, 5) is 10.1. The number of aliphatic hydroxyl groups excluding tert-OH is 1. The summed E-state index contributed by atoms with van der Waals surface area (Å²) in [5.74, 6) is 0.619. The van der Waals surface area contributed by atoms with Gasteiger partial charge in [0.1, 0.15) is 0 Å². The standard InChI is InChI=1S/C9H11NO5/c1-14-8-3-6(5-11)7(10(12)13)4-9(8)15-2/h3-4,11H,5H2,1-2H3. The molecule has 1 aromatic rings. The number of methoxy groups -OCH3 is 2. The third-order valence-corrected chi connectivity index (χ3v) is 1.95. The van der Waals surface area contributed by atoms with E-state index in [4.69, 9.17) is 14.6 Å². The van der Waals surface area contributed by atoms with E-state index in [2.05, 4.69) is 0 Å². The second-order valence-electron chi connectivity index (χ2n) is 2.75. The van der Waals surface area contributed by atoms with Gasteiger partial charge in [-0.3, -0.25) is 10.1 Å². The van der Waals surface area contributed by atoms with Crippen LogP contribution in [0.2, 0.25) is 0 Å². The quantitative estimate of drug-likeness (QED) is 0.598. The van der Waals surface area contributed by atoms with E-state index in [0.29, 0.717) is 5.75 Å². The van der Waals surface area contributed by atoms with Gasteiger partial charge >= 0.3 is 0 Å². The molecule has 0 fully saturated rings. The fraction of sp³-hybridized carbons (Fsp3) is 0.333. The van der Waals surface area contributed by atoms with Crippen LogP contribution in [0, 0.1) is 10.1 Å². The first-order valence-corrected chi connectivity index (χ1v) is 4.14. The van der Waals surface area contributed by atoms with Gasteiger partial charge in [-0.25, -0.2) is 0 Å². The molecule has 0 atom stereocenters. The molecule has 1 rings (SSSR count). The highest BCUT2D eigenvalue weighted by molar-refractivity contribution is 5.53. The molecule has 0 unspecified atom stereocenters. The largest absolute Gasteiger partial charge is 0.493 e. The molecule has 0 amide bonds. The first-order valence-electron chi connectivity index (χ1n) is 4.14. The first-order chi connectivity index (χ1) is 7.13. The summed E-state index contributed by atoms with van der Waals surface area (Å²) in [5, 5.41) is 19.6. The Morgan fingerprint density at radius 2 is 1.87 bits per heavy atom. The van der Waals surface area contributed by atoms with Crippen LogP contribution in [-0.2, 0) is 6.61 Å². The lowest BCUT2D eigenvalue weighted by molar-refractivity contribution is -0.385. The van der Waals surface area contributed by atoms with Crippen LogP contribution in [0.25, 0.3) is 0 Å². The number of nitro benzene ring substituents is 1. The molecule has 0 saturated heterocycles. The number of hydrogen-bond acceptors (Lipinski definition) is 5. The minimum Gasteiger partial charge on any atom is -0.493 e. The highest BCUT2D eigenvalue weighted by atomic mass is 16.6. The van der Waals surface area contributed by atoms with Gasteiger partial charge in [-0.05, 0) is 6.07 Å². The third-order valence-electron chi connectivity index (χ3n) is 1.95. The maximum atomic E-state index is 10.6. The molecule has 0 heterocycles. The second-order valence-corrected chi connectivity index (χ2v) is 2.75. The Balaban J connectivity index is 3.34. The summed E-state index contributed by atoms with van der Waals surface area (Å²) < 4.78 is 9.87. The van der Waals surface area contributed by atoms with Crippen molar-refractivity contribution in [3.63, 3.8) is 0 Å². The summed E-state index contributed by atoms with van der Waals surface area (Å²) in [6.45, 7) is -0.420. The van der Waals surface area contributed by atoms with E-state index in [1.54, 1.807) is 0 Å². The number of nitrogens with zero attached hydrogens (tertiary/aromatic N) is 1. The number of hydrogen-bond donors (Lipinski definition) is 1. The van der Waals surface area contributed by atoms with Gasteiger partial charge in [0.25, 0.3) is 5.69 Å². The van der Waals surface area contributed by atoms with Crippen molar-refractivity contribution < 1.29 is 19.5 Å². The highest BCUT2D eigenvalue weighted by Gasteiger charge is 2.18. The zero-order valence-corrected chi connectivity index (χ0v) is 8.39. The topological polar surface area (TPSA) is 81.8 Å². The van der Waals surface area contributed by atoms with E-state index in [1.807, 2.05) is 0 Å². The maximum Gasteiger partial charge on any atom is 0.278 e. The van der Waals surface area contributed by atoms with Gasteiger partial charge in [-0.15, -0.1) is 0 Å². The zero-order chi connectivity index (χ0) is 11.4. The predicted molar refractivity (Wildman–Crippen MR) is 52.1 cm³/mol. The van der Waals surface area contributed by atoms with Crippen molar-refractivity contribution in [1.29, 1.82) is 0 Å². The molecule has 1 aromatic carbocycles. The van der Waals surface area contributed by atoms with Gasteiger partial charge in [-0.2, -0.15) is 0 Å². The predicted octanol–water partition coefficient (Wildman–Crippen LogP) is 1.10. The number of nitro groups is 1. The minimum absolute atomic E-state index is 0.185. The van der Waals surface area contributed by atoms with Gasteiger partial charge in [0, 0.05) is 0 Å². The van der Waals surface area contributed by atoms with Crippen molar-refractivity contribution in [1.82, 2.24) is 0 Å². The summed E-state index contributed by atoms with van der Waals surface area (Å²) in [6.07, 6.45) is 0. The molecule has 0 aliphatic heterocycles. The van der Waals surface area contributed by atoms with Crippen LogP contribution in [0.4, 0.5) is 5.69 Å². The summed E-state index contributed by atoms with van der Waals surface area (Å²) in [6, 6.07) is 2.61. The SMILES string of the molecule is COc1cc(CO)c([N+](=O)[O-])cc1OC. The van der Waals surface area contributed by atoms with Crippen LogP contribution in [-0.4, -0.2) is 24.2 Å². The Morgan fingerprint density at radius 3 is 2.27 bits per heavy atom. The van der Waals surface area contributed by atoms with Gasteiger partial charge in [-0.1, -0.05) is 0 Å². The Labute approximate surface area is 86.2 Å². The van der Waals surface area contributed by atoms with Crippen LogP contribution in [0.15, 0.2) is 12.1 Å². The van der Waals surface area contributed by atoms with Crippen LogP contribution < -0.4 is 9.47 Å². The van der Waals surface area contributed by atoms with Crippen molar-refractivity contribution in [2.45, 2.75) is 6.61 Å². The maximum absolute atomic E-state index is 10.6. The van der Waals surface area contributed by atoms with Crippen LogP contribution in [0.5, 0.6) is 11.5 Å². The molecule has 0 bridgehead atoms. The van der Waals surface area contributed by atoms with Crippen molar-refractivity contribution >= 4 is 5.69 Å². The molecule has 0 saturated carbocycles. The molecule has 6 nitrogen and oxygen atoms in total. The van der Waals surface area contributed by atoms with Crippen LogP contribution >= 0.6 is 0 Å². The molecular weight excluding hydrogens is 202 g/mol. The van der Waals surface area contributed by atoms with E-state index in [1.165, 1.54) is 26.4 Å². The lowest BCUT2D eigenvalue weighted by Crippen LogP contribution is -1.99. The third kappa shape index (κ3) is 2.16. The Morgan fingerprint density at radius 1 is 1.33 bits per heavy atom. The van der Waals surface area contributed by atoms with E-state index in [0.717, 1.165) is 0 Å². The number of ether oxygens (including phenoxy) is 2. The van der Waals surface area contributed by atoms with Gasteiger partial charge in [0.15, 0.2) is 11.5 Å². The smallest absolute Gasteiger partial charge is 0.278 e. The highest BCUT2D eigenvalue weighted by Crippen LogP contribution is 2.34. The molecule has 0 spiro atoms. The molecular formula is C9H11NO5. The Bertz CT molecular complexity index is 377. The lowest BCUT2D eigenvalue weighted by Gasteiger charge is -2.08. The summed E-state index contributed by atoms with van der Waals surface area (Å²) >= 11 is 0. The van der Waals surface area contributed by atoms with Crippen molar-refractivity contribution in [3.05, 3.63) is 27.8 Å². The number of benzene rings is 1. The van der Waals surface area contributed by atoms with E-state index >= 15 is 0 Å². The zero-order valence-electron chi connectivity index (χ0n) is 8.39. The summed E-state index contributed by atoms with van der Waals surface area (Å²) in [7, 11) is 2.81. The average Bonchev–Trinajstić information content (AvgIpc) is 2.26. The molecule has 0 aliphatic carbocycles. The minimum atomic E-state index is -0.576. The monoisotopic (exact) mass is 213 g/mol. The van der Waals surface area contributed by atoms with Gasteiger partial charge < -0.3 is 14.6 Å². The molecule has 0 radical (unpaired) electrons. The number of rotatable bonds is 4. The fourth-order valence-electron chi connectivity index (χ4n) is 1.21. The van der Waals surface area contributed by atoms with Crippen molar-refractivity contribution in [2.75, 3.05) is 14.2 Å². The Kier molecular flexibility index (Phi) is 3.46. The van der Waals surface area contributed by atoms with E-state index < -0.39 is 11.5 Å². The molecule has 6 heteroatoms. The number of aliphatic hydroxyl groups is 1. The van der Waals surface area contributed by atoms with Gasteiger partial charge in [0.2, 0.25) is 0 Å². The van der Waals surface area contributed by atoms with Crippen LogP contribution in [0.1, 0.15) is 5.56 Å². The van der Waals surface area contributed by atoms with E-state index in [-0.39, 0.29) is 17.0 Å². The van der Waals surface area contributed by atoms with Crippen molar-refractivity contribution in [2.24, 2.45) is 0 Å². The Hall–Kier alpha value is -1.82. The average molecular weight is 213 g/mol. The normalized spacial score (nSPS) is 9.80.